The summed E-state index contributed by atoms with van der Waals surface area (Å²) in [5, 5.41) is 12.3. The van der Waals surface area contributed by atoms with Gasteiger partial charge in [0.25, 0.3) is 5.91 Å². The zero-order valence-electron chi connectivity index (χ0n) is 14.9. The van der Waals surface area contributed by atoms with Gasteiger partial charge < -0.3 is 14.8 Å². The Kier molecular flexibility index (Phi) is 8.05. The molecule has 0 aromatic heterocycles. The van der Waals surface area contributed by atoms with Gasteiger partial charge in [0.2, 0.25) is 0 Å². The van der Waals surface area contributed by atoms with Gasteiger partial charge in [0, 0.05) is 0 Å². The number of carbonyl (C=O) groups is 2. The minimum absolute atomic E-state index is 0.0907. The fourth-order valence-electron chi connectivity index (χ4n) is 2.13. The van der Waals surface area contributed by atoms with Crippen LogP contribution in [0.3, 0.4) is 0 Å². The topological polar surface area (TPSA) is 88.4 Å². The first kappa shape index (κ1) is 21.5. The van der Waals surface area contributed by atoms with E-state index in [0.29, 0.717) is 26.5 Å². The molecule has 0 saturated heterocycles. The van der Waals surface area contributed by atoms with Crippen molar-refractivity contribution in [2.45, 2.75) is 6.92 Å². The lowest BCUT2D eigenvalue weighted by atomic mass is 10.1. The number of carbonyl (C=O) groups excluding carboxylic acids is 2. The van der Waals surface area contributed by atoms with Crippen LogP contribution in [-0.2, 0) is 14.3 Å². The van der Waals surface area contributed by atoms with E-state index in [0.717, 1.165) is 0 Å². The van der Waals surface area contributed by atoms with E-state index < -0.39 is 11.9 Å². The van der Waals surface area contributed by atoms with Crippen LogP contribution in [0.15, 0.2) is 52.5 Å². The molecule has 0 fully saturated rings. The molecule has 0 radical (unpaired) electrons. The summed E-state index contributed by atoms with van der Waals surface area (Å²) < 4.78 is 10.7. The number of anilines is 1. The van der Waals surface area contributed by atoms with Gasteiger partial charge in [-0.2, -0.15) is 5.26 Å². The Labute approximate surface area is 175 Å². The third-order valence-corrected chi connectivity index (χ3v) is 4.35. The second-order valence-corrected chi connectivity index (χ2v) is 6.65. The number of nitrogens with one attached hydrogen (secondary N) is 1. The van der Waals surface area contributed by atoms with E-state index in [9.17, 15) is 14.9 Å². The molecule has 0 aliphatic carbocycles. The number of hydrogen-bond acceptors (Lipinski definition) is 5. The van der Waals surface area contributed by atoms with Gasteiger partial charge >= 0.3 is 5.97 Å². The van der Waals surface area contributed by atoms with Gasteiger partial charge in [-0.15, -0.1) is 0 Å². The average Bonchev–Trinajstić information content (AvgIpc) is 2.67. The molecule has 2 rings (SSSR count). The van der Waals surface area contributed by atoms with Gasteiger partial charge in [-0.1, -0.05) is 29.8 Å². The van der Waals surface area contributed by atoms with E-state index in [1.54, 1.807) is 49.4 Å². The van der Waals surface area contributed by atoms with Crippen LogP contribution in [-0.4, -0.2) is 25.1 Å². The Balaban J connectivity index is 2.12. The summed E-state index contributed by atoms with van der Waals surface area (Å²) in [7, 11) is 0. The first-order valence-electron chi connectivity index (χ1n) is 8.20. The SMILES string of the molecule is CCOC(=O)COc1ccc(/C=C(\C#N)C(=O)Nc2ccccc2Cl)cc1Br. The maximum Gasteiger partial charge on any atom is 0.344 e. The number of para-hydroxylation sites is 1. The highest BCUT2D eigenvalue weighted by atomic mass is 79.9. The van der Waals surface area contributed by atoms with Crippen LogP contribution >= 0.6 is 27.5 Å². The van der Waals surface area contributed by atoms with E-state index in [1.807, 2.05) is 6.07 Å². The van der Waals surface area contributed by atoms with E-state index in [4.69, 9.17) is 21.1 Å². The molecule has 2 aromatic rings. The maximum absolute atomic E-state index is 12.3. The number of amides is 1. The van der Waals surface area contributed by atoms with Crippen molar-refractivity contribution in [3.63, 3.8) is 0 Å². The van der Waals surface area contributed by atoms with E-state index in [-0.39, 0.29) is 18.8 Å². The average molecular weight is 464 g/mol. The Morgan fingerprint density at radius 3 is 2.68 bits per heavy atom. The van der Waals surface area contributed by atoms with Crippen LogP contribution in [0.1, 0.15) is 12.5 Å². The second-order valence-electron chi connectivity index (χ2n) is 5.39. The van der Waals surface area contributed by atoms with Gasteiger partial charge in [-0.05, 0) is 58.8 Å². The van der Waals surface area contributed by atoms with E-state index >= 15 is 0 Å². The molecule has 1 N–H and O–H groups in total. The van der Waals surface area contributed by atoms with Crippen molar-refractivity contribution in [3.8, 4) is 11.8 Å². The molecule has 1 amide bonds. The lowest BCUT2D eigenvalue weighted by Crippen LogP contribution is -2.14. The third-order valence-electron chi connectivity index (χ3n) is 3.40. The molecule has 144 valence electrons. The molecule has 0 heterocycles. The Bertz CT molecular complexity index is 953. The van der Waals surface area contributed by atoms with Gasteiger partial charge in [0.1, 0.15) is 17.4 Å². The number of ether oxygens (including phenoxy) is 2. The molecule has 28 heavy (non-hydrogen) atoms. The summed E-state index contributed by atoms with van der Waals surface area (Å²) in [6.07, 6.45) is 1.44. The molecule has 0 aliphatic rings. The summed E-state index contributed by atoms with van der Waals surface area (Å²) >= 11 is 9.36. The fourth-order valence-corrected chi connectivity index (χ4v) is 2.82. The first-order chi connectivity index (χ1) is 13.4. The Morgan fingerprint density at radius 2 is 2.04 bits per heavy atom. The number of halogens is 2. The number of hydrogen-bond donors (Lipinski definition) is 1. The van der Waals surface area contributed by atoms with Gasteiger partial charge in [-0.25, -0.2) is 4.79 Å². The highest BCUT2D eigenvalue weighted by Crippen LogP contribution is 2.27. The zero-order valence-corrected chi connectivity index (χ0v) is 17.2. The van der Waals surface area contributed by atoms with Gasteiger partial charge in [-0.3, -0.25) is 4.79 Å². The van der Waals surface area contributed by atoms with Crippen LogP contribution in [0, 0.1) is 11.3 Å². The van der Waals surface area contributed by atoms with E-state index in [1.165, 1.54) is 6.08 Å². The fraction of sp³-hybridized carbons (Fsp3) is 0.150. The molecule has 8 heteroatoms. The highest BCUT2D eigenvalue weighted by Gasteiger charge is 2.12. The molecule has 6 nitrogen and oxygen atoms in total. The number of nitriles is 1. The standard InChI is InChI=1S/C20H16BrClN2O4/c1-2-27-19(25)12-28-18-8-7-13(10-15(18)21)9-14(11-23)20(26)24-17-6-4-3-5-16(17)22/h3-10H,2,12H2,1H3,(H,24,26)/b14-9+. The molecule has 0 saturated carbocycles. The second kappa shape index (κ2) is 10.5. The highest BCUT2D eigenvalue weighted by molar-refractivity contribution is 9.10. The largest absolute Gasteiger partial charge is 0.481 e. The van der Waals surface area contributed by atoms with Crippen molar-refractivity contribution >= 4 is 51.2 Å². The Hall–Kier alpha value is -2.82. The minimum Gasteiger partial charge on any atom is -0.481 e. The molecule has 0 bridgehead atoms. The third kappa shape index (κ3) is 6.12. The maximum atomic E-state index is 12.3. The smallest absolute Gasteiger partial charge is 0.344 e. The molecule has 0 spiro atoms. The van der Waals surface area contributed by atoms with Gasteiger partial charge in [0.15, 0.2) is 6.61 Å². The van der Waals surface area contributed by atoms with Crippen molar-refractivity contribution in [2.24, 2.45) is 0 Å². The van der Waals surface area contributed by atoms with Crippen molar-refractivity contribution in [3.05, 3.63) is 63.1 Å². The molecule has 2 aromatic carbocycles. The number of rotatable bonds is 7. The van der Waals surface area contributed by atoms with E-state index in [2.05, 4.69) is 21.2 Å². The monoisotopic (exact) mass is 462 g/mol. The van der Waals surface area contributed by atoms with Crippen LogP contribution in [0.2, 0.25) is 5.02 Å². The molecular weight excluding hydrogens is 448 g/mol. The zero-order chi connectivity index (χ0) is 20.5. The van der Waals surface area contributed by atoms with Gasteiger partial charge in [0.05, 0.1) is 21.8 Å². The summed E-state index contributed by atoms with van der Waals surface area (Å²) in [6.45, 7) is 1.77. The molecular formula is C20H16BrClN2O4. The lowest BCUT2D eigenvalue weighted by molar-refractivity contribution is -0.145. The number of benzene rings is 2. The quantitative estimate of drug-likeness (QED) is 0.368. The number of nitrogens with zero attached hydrogens (tertiary/aromatic N) is 1. The normalized spacial score (nSPS) is 10.7. The predicted molar refractivity (Wildman–Crippen MR) is 110 cm³/mol. The first-order valence-corrected chi connectivity index (χ1v) is 9.37. The number of esters is 1. The molecule has 0 aliphatic heterocycles. The summed E-state index contributed by atoms with van der Waals surface area (Å²) in [6, 6.07) is 13.6. The van der Waals surface area contributed by atoms with Crippen LogP contribution in [0.25, 0.3) is 6.08 Å². The van der Waals surface area contributed by atoms with Crippen LogP contribution in [0.4, 0.5) is 5.69 Å². The predicted octanol–water partition coefficient (Wildman–Crippen LogP) is 4.59. The molecule has 0 unspecified atom stereocenters. The van der Waals surface area contributed by atoms with Crippen molar-refractivity contribution in [1.82, 2.24) is 0 Å². The summed E-state index contributed by atoms with van der Waals surface area (Å²) in [5.74, 6) is -0.611. The van der Waals surface area contributed by atoms with Crippen molar-refractivity contribution < 1.29 is 19.1 Å². The minimum atomic E-state index is -0.575. The van der Waals surface area contributed by atoms with Crippen molar-refractivity contribution in [1.29, 1.82) is 5.26 Å². The van der Waals surface area contributed by atoms with Crippen LogP contribution in [0.5, 0.6) is 5.75 Å². The summed E-state index contributed by atoms with van der Waals surface area (Å²) in [5.41, 5.74) is 0.924. The summed E-state index contributed by atoms with van der Waals surface area (Å²) in [4.78, 5) is 23.7. The van der Waals surface area contributed by atoms with Crippen molar-refractivity contribution in [2.75, 3.05) is 18.5 Å². The Morgan fingerprint density at radius 1 is 1.29 bits per heavy atom. The van der Waals surface area contributed by atoms with Crippen LogP contribution < -0.4 is 10.1 Å². The lowest BCUT2D eigenvalue weighted by Gasteiger charge is -2.09. The molecule has 0 atom stereocenters.